The Morgan fingerprint density at radius 1 is 1.25 bits per heavy atom. The Morgan fingerprint density at radius 3 is 2.56 bits per heavy atom. The van der Waals surface area contributed by atoms with E-state index in [9.17, 15) is 19.8 Å². The fourth-order valence-corrected chi connectivity index (χ4v) is 3.62. The maximum atomic E-state index is 12.8. The van der Waals surface area contributed by atoms with E-state index in [0.29, 0.717) is 31.5 Å². The number of nitrogens with two attached hydrogens (primary N) is 1. The largest absolute Gasteiger partial charge is 0.504 e. The first-order valence-corrected chi connectivity index (χ1v) is 10.3. The number of amidine groups is 1. The van der Waals surface area contributed by atoms with Crippen LogP contribution >= 0.6 is 0 Å². The average Bonchev–Trinajstić information content (AvgIpc) is 2.78. The van der Waals surface area contributed by atoms with Gasteiger partial charge in [0.25, 0.3) is 0 Å². The summed E-state index contributed by atoms with van der Waals surface area (Å²) in [6, 6.07) is 7.28. The molecule has 2 heterocycles. The zero-order valence-corrected chi connectivity index (χ0v) is 17.5. The van der Waals surface area contributed by atoms with E-state index in [-0.39, 0.29) is 42.2 Å². The van der Waals surface area contributed by atoms with Crippen LogP contribution in [-0.4, -0.2) is 58.6 Å². The number of carbonyl (C=O) groups excluding carboxylic acids is 1. The van der Waals surface area contributed by atoms with Crippen molar-refractivity contribution in [1.82, 2.24) is 10.3 Å². The van der Waals surface area contributed by atoms with E-state index in [1.165, 1.54) is 18.2 Å². The van der Waals surface area contributed by atoms with Crippen LogP contribution in [-0.2, 0) is 9.59 Å². The first-order chi connectivity index (χ1) is 15.3. The standard InChI is InChI=1S/C22H27N5O5/c23-21(24)15-1-2-18(28)19(11-15)32-13-16(12-20(29)30)26-22(31)14-5-9-27(10-6-14)17-3-7-25-8-4-17/h1-4,7-8,11,14,16,28H,5-6,9-10,12-13H2,(H3,23,24)(H,26,31)(H,29,30)/t16-/m1/s1. The number of carboxylic acid groups (broad SMARTS) is 1. The third-order valence-electron chi connectivity index (χ3n) is 5.37. The van der Waals surface area contributed by atoms with Gasteiger partial charge in [0.05, 0.1) is 12.5 Å². The van der Waals surface area contributed by atoms with Crippen LogP contribution in [0.3, 0.4) is 0 Å². The molecule has 0 radical (unpaired) electrons. The minimum atomic E-state index is -1.08. The summed E-state index contributed by atoms with van der Waals surface area (Å²) in [4.78, 5) is 30.3. The Morgan fingerprint density at radius 2 is 1.94 bits per heavy atom. The number of aromatic hydroxyl groups is 1. The van der Waals surface area contributed by atoms with E-state index in [2.05, 4.69) is 15.2 Å². The number of pyridine rings is 1. The Balaban J connectivity index is 1.57. The first kappa shape index (κ1) is 22.9. The highest BCUT2D eigenvalue weighted by atomic mass is 16.5. The van der Waals surface area contributed by atoms with Crippen LogP contribution < -0.4 is 20.7 Å². The topological polar surface area (TPSA) is 162 Å². The lowest BCUT2D eigenvalue weighted by Crippen LogP contribution is -2.46. The number of anilines is 1. The molecule has 1 aromatic heterocycles. The van der Waals surface area contributed by atoms with Crippen molar-refractivity contribution in [3.8, 4) is 11.5 Å². The van der Waals surface area contributed by atoms with Crippen molar-refractivity contribution in [3.63, 3.8) is 0 Å². The van der Waals surface area contributed by atoms with Gasteiger partial charge in [0.15, 0.2) is 11.5 Å². The number of nitrogens with zero attached hydrogens (tertiary/aromatic N) is 2. The quantitative estimate of drug-likeness (QED) is 0.287. The van der Waals surface area contributed by atoms with Crippen molar-refractivity contribution in [2.24, 2.45) is 11.7 Å². The van der Waals surface area contributed by atoms with Crippen LogP contribution in [0.4, 0.5) is 5.69 Å². The number of amides is 1. The van der Waals surface area contributed by atoms with E-state index in [0.717, 1.165) is 5.69 Å². The normalized spacial score (nSPS) is 15.1. The van der Waals surface area contributed by atoms with Gasteiger partial charge in [0, 0.05) is 42.7 Å². The van der Waals surface area contributed by atoms with Crippen molar-refractivity contribution in [2.75, 3.05) is 24.6 Å². The van der Waals surface area contributed by atoms with E-state index in [1.807, 2.05) is 12.1 Å². The zero-order valence-electron chi connectivity index (χ0n) is 17.5. The van der Waals surface area contributed by atoms with Crippen molar-refractivity contribution >= 4 is 23.4 Å². The lowest BCUT2D eigenvalue weighted by Gasteiger charge is -2.33. The third-order valence-corrected chi connectivity index (χ3v) is 5.37. The summed E-state index contributed by atoms with van der Waals surface area (Å²) in [7, 11) is 0. The highest BCUT2D eigenvalue weighted by molar-refractivity contribution is 5.95. The van der Waals surface area contributed by atoms with Crippen LogP contribution in [0.2, 0.25) is 0 Å². The maximum Gasteiger partial charge on any atom is 0.305 e. The number of phenolic OH excluding ortho intramolecular Hbond substituents is 1. The molecule has 1 saturated heterocycles. The summed E-state index contributed by atoms with van der Waals surface area (Å²) in [5.74, 6) is -1.81. The number of piperidine rings is 1. The molecule has 170 valence electrons. The fourth-order valence-electron chi connectivity index (χ4n) is 3.62. The van der Waals surface area contributed by atoms with Crippen LogP contribution in [0.1, 0.15) is 24.8 Å². The first-order valence-electron chi connectivity index (χ1n) is 10.3. The number of nitrogen functional groups attached to an aromatic ring is 1. The van der Waals surface area contributed by atoms with Crippen molar-refractivity contribution in [1.29, 1.82) is 5.41 Å². The molecule has 1 fully saturated rings. The van der Waals surface area contributed by atoms with E-state index < -0.39 is 12.0 Å². The predicted octanol–water partition coefficient (Wildman–Crippen LogP) is 1.33. The SMILES string of the molecule is N=C(N)c1ccc(O)c(OC[C@@H](CC(=O)O)NC(=O)C2CCN(c3ccncc3)CC2)c1. The molecule has 2 aromatic rings. The predicted molar refractivity (Wildman–Crippen MR) is 118 cm³/mol. The van der Waals surface area contributed by atoms with Gasteiger partial charge in [-0.15, -0.1) is 0 Å². The number of phenols is 1. The second-order valence-corrected chi connectivity index (χ2v) is 7.68. The van der Waals surface area contributed by atoms with Crippen LogP contribution in [0, 0.1) is 11.3 Å². The number of hydrogen-bond donors (Lipinski definition) is 5. The molecule has 32 heavy (non-hydrogen) atoms. The molecule has 0 spiro atoms. The van der Waals surface area contributed by atoms with Gasteiger partial charge in [0.1, 0.15) is 12.4 Å². The Hall–Kier alpha value is -3.82. The lowest BCUT2D eigenvalue weighted by molar-refractivity contribution is -0.138. The Labute approximate surface area is 185 Å². The number of nitrogens with one attached hydrogen (secondary N) is 2. The van der Waals surface area contributed by atoms with E-state index >= 15 is 0 Å². The van der Waals surface area contributed by atoms with E-state index in [1.54, 1.807) is 12.4 Å². The molecule has 1 atom stereocenters. The van der Waals surface area contributed by atoms with Crippen LogP contribution in [0.15, 0.2) is 42.7 Å². The summed E-state index contributed by atoms with van der Waals surface area (Å²) in [6.45, 7) is 1.28. The molecule has 0 bridgehead atoms. The van der Waals surface area contributed by atoms with Crippen LogP contribution in [0.5, 0.6) is 11.5 Å². The van der Waals surface area contributed by atoms with Crippen molar-refractivity contribution in [2.45, 2.75) is 25.3 Å². The highest BCUT2D eigenvalue weighted by Crippen LogP contribution is 2.27. The van der Waals surface area contributed by atoms with Gasteiger partial charge in [0.2, 0.25) is 5.91 Å². The number of benzene rings is 1. The number of hydrogen-bond acceptors (Lipinski definition) is 7. The zero-order chi connectivity index (χ0) is 23.1. The number of aromatic nitrogens is 1. The smallest absolute Gasteiger partial charge is 0.305 e. The molecule has 3 rings (SSSR count). The summed E-state index contributed by atoms with van der Waals surface area (Å²) in [5.41, 5.74) is 6.87. The van der Waals surface area contributed by atoms with Gasteiger partial charge in [-0.1, -0.05) is 0 Å². The maximum absolute atomic E-state index is 12.8. The minimum absolute atomic E-state index is 0.0630. The van der Waals surface area contributed by atoms with Crippen molar-refractivity contribution in [3.05, 3.63) is 48.3 Å². The number of ether oxygens (including phenoxy) is 1. The lowest BCUT2D eigenvalue weighted by atomic mass is 9.95. The summed E-state index contributed by atoms with van der Waals surface area (Å²) >= 11 is 0. The van der Waals surface area contributed by atoms with Gasteiger partial charge in [-0.2, -0.15) is 0 Å². The van der Waals surface area contributed by atoms with Gasteiger partial charge in [-0.3, -0.25) is 20.0 Å². The Kier molecular flexibility index (Phi) is 7.48. The van der Waals surface area contributed by atoms with Crippen LogP contribution in [0.25, 0.3) is 0 Å². The molecule has 0 aliphatic carbocycles. The molecule has 0 saturated carbocycles. The minimum Gasteiger partial charge on any atom is -0.504 e. The third kappa shape index (κ3) is 6.10. The summed E-state index contributed by atoms with van der Waals surface area (Å²) in [6.07, 6.45) is 4.43. The highest BCUT2D eigenvalue weighted by Gasteiger charge is 2.27. The fraction of sp³-hybridized carbons (Fsp3) is 0.364. The second-order valence-electron chi connectivity index (χ2n) is 7.68. The molecule has 1 aliphatic heterocycles. The molecule has 1 aliphatic rings. The molecular weight excluding hydrogens is 414 g/mol. The summed E-state index contributed by atoms with van der Waals surface area (Å²) in [5, 5.41) is 29.5. The molecule has 0 unspecified atom stereocenters. The molecular formula is C22H27N5O5. The molecule has 6 N–H and O–H groups in total. The molecule has 1 amide bonds. The van der Waals surface area contributed by atoms with Gasteiger partial charge >= 0.3 is 5.97 Å². The van der Waals surface area contributed by atoms with Gasteiger partial charge < -0.3 is 30.9 Å². The molecule has 10 nitrogen and oxygen atoms in total. The number of rotatable bonds is 9. The van der Waals surface area contributed by atoms with E-state index in [4.69, 9.17) is 15.9 Å². The summed E-state index contributed by atoms with van der Waals surface area (Å²) < 4.78 is 5.56. The Bertz CT molecular complexity index is 960. The number of carboxylic acids is 1. The number of aliphatic carboxylic acids is 1. The average molecular weight is 441 g/mol. The second kappa shape index (κ2) is 10.5. The van der Waals surface area contributed by atoms with Gasteiger partial charge in [-0.25, -0.2) is 0 Å². The van der Waals surface area contributed by atoms with Crippen molar-refractivity contribution < 1.29 is 24.5 Å². The van der Waals surface area contributed by atoms with Gasteiger partial charge in [-0.05, 0) is 43.2 Å². The monoisotopic (exact) mass is 441 g/mol. The molecule has 10 heteroatoms. The molecule has 1 aromatic carbocycles. The number of carbonyl (C=O) groups is 2.